The van der Waals surface area contributed by atoms with Crippen LogP contribution in [0.15, 0.2) is 18.2 Å². The molecule has 0 unspecified atom stereocenters. The standard InChI is InChI=1S/C12H13NO4/c1-12(2,11(14)15)17-9-5-4-8(7-13)6-10(9)16-3/h4-6H,1-3H3,(H,14,15). The number of hydrogen-bond donors (Lipinski definition) is 1. The molecule has 0 fully saturated rings. The fourth-order valence-corrected chi connectivity index (χ4v) is 1.14. The van der Waals surface area contributed by atoms with Crippen LogP contribution in [0.3, 0.4) is 0 Å². The third-order valence-corrected chi connectivity index (χ3v) is 2.17. The highest BCUT2D eigenvalue weighted by molar-refractivity contribution is 5.77. The van der Waals surface area contributed by atoms with Crippen molar-refractivity contribution in [3.05, 3.63) is 23.8 Å². The van der Waals surface area contributed by atoms with Crippen molar-refractivity contribution < 1.29 is 19.4 Å². The molecule has 0 saturated heterocycles. The Balaban J connectivity index is 3.08. The lowest BCUT2D eigenvalue weighted by Gasteiger charge is -2.22. The van der Waals surface area contributed by atoms with E-state index in [2.05, 4.69) is 0 Å². The van der Waals surface area contributed by atoms with Crippen molar-refractivity contribution in [2.75, 3.05) is 7.11 Å². The zero-order valence-electron chi connectivity index (χ0n) is 9.85. The van der Waals surface area contributed by atoms with Gasteiger partial charge in [0, 0.05) is 6.07 Å². The molecule has 0 heterocycles. The van der Waals surface area contributed by atoms with Crippen LogP contribution in [0.4, 0.5) is 0 Å². The molecule has 1 aromatic rings. The van der Waals surface area contributed by atoms with E-state index >= 15 is 0 Å². The van der Waals surface area contributed by atoms with E-state index in [9.17, 15) is 4.79 Å². The maximum Gasteiger partial charge on any atom is 0.347 e. The topological polar surface area (TPSA) is 79.5 Å². The van der Waals surface area contributed by atoms with Crippen LogP contribution in [-0.2, 0) is 4.79 Å². The largest absolute Gasteiger partial charge is 0.493 e. The summed E-state index contributed by atoms with van der Waals surface area (Å²) in [4.78, 5) is 10.9. The van der Waals surface area contributed by atoms with E-state index in [4.69, 9.17) is 19.8 Å². The first-order valence-electron chi connectivity index (χ1n) is 4.91. The Labute approximate surface area is 99.2 Å². The number of nitriles is 1. The number of benzene rings is 1. The van der Waals surface area contributed by atoms with Gasteiger partial charge < -0.3 is 14.6 Å². The van der Waals surface area contributed by atoms with Crippen LogP contribution in [0.5, 0.6) is 11.5 Å². The molecule has 0 aliphatic rings. The number of rotatable bonds is 4. The molecule has 17 heavy (non-hydrogen) atoms. The van der Waals surface area contributed by atoms with Gasteiger partial charge in [0.15, 0.2) is 17.1 Å². The Hall–Kier alpha value is -2.22. The summed E-state index contributed by atoms with van der Waals surface area (Å²) in [6, 6.07) is 6.51. The highest BCUT2D eigenvalue weighted by Crippen LogP contribution is 2.31. The second-order valence-corrected chi connectivity index (χ2v) is 3.89. The Morgan fingerprint density at radius 1 is 1.41 bits per heavy atom. The second kappa shape index (κ2) is 4.74. The molecule has 1 aromatic carbocycles. The quantitative estimate of drug-likeness (QED) is 0.860. The van der Waals surface area contributed by atoms with Crippen LogP contribution >= 0.6 is 0 Å². The molecule has 90 valence electrons. The minimum Gasteiger partial charge on any atom is -0.493 e. The van der Waals surface area contributed by atoms with Crippen LogP contribution in [0.1, 0.15) is 19.4 Å². The van der Waals surface area contributed by atoms with Crippen molar-refractivity contribution in [3.63, 3.8) is 0 Å². The van der Waals surface area contributed by atoms with Gasteiger partial charge in [-0.2, -0.15) is 5.26 Å². The van der Waals surface area contributed by atoms with E-state index < -0.39 is 11.6 Å². The van der Waals surface area contributed by atoms with E-state index in [-0.39, 0.29) is 0 Å². The van der Waals surface area contributed by atoms with Gasteiger partial charge in [-0.3, -0.25) is 0 Å². The fourth-order valence-electron chi connectivity index (χ4n) is 1.14. The van der Waals surface area contributed by atoms with Crippen molar-refractivity contribution in [1.82, 2.24) is 0 Å². The van der Waals surface area contributed by atoms with Gasteiger partial charge in [-0.25, -0.2) is 4.79 Å². The summed E-state index contributed by atoms with van der Waals surface area (Å²) in [6.45, 7) is 2.87. The maximum atomic E-state index is 10.9. The lowest BCUT2D eigenvalue weighted by Crippen LogP contribution is -2.37. The number of aliphatic carboxylic acids is 1. The molecule has 0 saturated carbocycles. The first kappa shape index (κ1) is 12.8. The molecule has 0 atom stereocenters. The van der Waals surface area contributed by atoms with Gasteiger partial charge in [-0.15, -0.1) is 0 Å². The number of ether oxygens (including phenoxy) is 2. The second-order valence-electron chi connectivity index (χ2n) is 3.89. The Morgan fingerprint density at radius 2 is 2.06 bits per heavy atom. The summed E-state index contributed by atoms with van der Waals surface area (Å²) in [7, 11) is 1.43. The third kappa shape index (κ3) is 2.88. The van der Waals surface area contributed by atoms with Crippen molar-refractivity contribution >= 4 is 5.97 Å². The summed E-state index contributed by atoms with van der Waals surface area (Å²) in [5, 5.41) is 17.7. The van der Waals surface area contributed by atoms with Gasteiger partial charge in [0.05, 0.1) is 18.7 Å². The van der Waals surface area contributed by atoms with Crippen molar-refractivity contribution in [3.8, 4) is 17.6 Å². The Morgan fingerprint density at radius 3 is 2.53 bits per heavy atom. The predicted molar refractivity (Wildman–Crippen MR) is 60.1 cm³/mol. The zero-order chi connectivity index (χ0) is 13.1. The molecule has 0 radical (unpaired) electrons. The number of methoxy groups -OCH3 is 1. The first-order valence-corrected chi connectivity index (χ1v) is 4.91. The average molecular weight is 235 g/mol. The van der Waals surface area contributed by atoms with Gasteiger partial charge >= 0.3 is 5.97 Å². The lowest BCUT2D eigenvalue weighted by molar-refractivity contribution is -0.152. The van der Waals surface area contributed by atoms with Crippen LogP contribution in [0.2, 0.25) is 0 Å². The minimum atomic E-state index is -1.36. The average Bonchev–Trinajstić information content (AvgIpc) is 2.29. The molecule has 0 aliphatic carbocycles. The highest BCUT2D eigenvalue weighted by Gasteiger charge is 2.30. The molecule has 0 spiro atoms. The molecule has 0 aliphatic heterocycles. The summed E-state index contributed by atoms with van der Waals surface area (Å²) in [6.07, 6.45) is 0. The number of carboxylic acids is 1. The summed E-state index contributed by atoms with van der Waals surface area (Å²) in [5.74, 6) is -0.457. The van der Waals surface area contributed by atoms with E-state index in [0.717, 1.165) is 0 Å². The predicted octanol–water partition coefficient (Wildman–Crippen LogP) is 1.81. The normalized spacial score (nSPS) is 10.5. The molecule has 0 bridgehead atoms. The summed E-state index contributed by atoms with van der Waals surface area (Å²) in [5.41, 5.74) is -0.941. The van der Waals surface area contributed by atoms with E-state index in [1.807, 2.05) is 6.07 Å². The van der Waals surface area contributed by atoms with Crippen LogP contribution in [0, 0.1) is 11.3 Å². The van der Waals surface area contributed by atoms with Crippen molar-refractivity contribution in [2.24, 2.45) is 0 Å². The SMILES string of the molecule is COc1cc(C#N)ccc1OC(C)(C)C(=O)O. The van der Waals surface area contributed by atoms with E-state index in [1.54, 1.807) is 0 Å². The molecule has 5 heteroatoms. The Kier molecular flexibility index (Phi) is 3.59. The molecule has 0 aromatic heterocycles. The van der Waals surface area contributed by atoms with Crippen molar-refractivity contribution in [2.45, 2.75) is 19.4 Å². The van der Waals surface area contributed by atoms with Gasteiger partial charge in [0.2, 0.25) is 0 Å². The van der Waals surface area contributed by atoms with Gasteiger partial charge in [-0.1, -0.05) is 0 Å². The number of hydrogen-bond acceptors (Lipinski definition) is 4. The zero-order valence-corrected chi connectivity index (χ0v) is 9.85. The highest BCUT2D eigenvalue weighted by atomic mass is 16.5. The maximum absolute atomic E-state index is 10.9. The van der Waals surface area contributed by atoms with Crippen LogP contribution in [-0.4, -0.2) is 23.8 Å². The summed E-state index contributed by atoms with van der Waals surface area (Å²) >= 11 is 0. The molecule has 1 N–H and O–H groups in total. The van der Waals surface area contributed by atoms with Crippen LogP contribution < -0.4 is 9.47 Å². The minimum absolute atomic E-state index is 0.291. The number of nitrogens with zero attached hydrogens (tertiary/aromatic N) is 1. The molecule has 0 amide bonds. The van der Waals surface area contributed by atoms with Gasteiger partial charge in [-0.05, 0) is 26.0 Å². The van der Waals surface area contributed by atoms with Gasteiger partial charge in [0.25, 0.3) is 0 Å². The molecular formula is C12H13NO4. The fraction of sp³-hybridized carbons (Fsp3) is 0.333. The van der Waals surface area contributed by atoms with Gasteiger partial charge in [0.1, 0.15) is 0 Å². The Bertz CT molecular complexity index is 474. The van der Waals surface area contributed by atoms with Crippen molar-refractivity contribution in [1.29, 1.82) is 5.26 Å². The third-order valence-electron chi connectivity index (χ3n) is 2.17. The molecule has 1 rings (SSSR count). The van der Waals surface area contributed by atoms with E-state index in [0.29, 0.717) is 17.1 Å². The molecule has 5 nitrogen and oxygen atoms in total. The summed E-state index contributed by atoms with van der Waals surface area (Å²) < 4.78 is 10.4. The number of carbonyl (C=O) groups is 1. The smallest absolute Gasteiger partial charge is 0.347 e. The lowest BCUT2D eigenvalue weighted by atomic mass is 10.1. The van der Waals surface area contributed by atoms with E-state index in [1.165, 1.54) is 39.2 Å². The monoisotopic (exact) mass is 235 g/mol. The number of carboxylic acid groups (broad SMARTS) is 1. The first-order chi connectivity index (χ1) is 7.90. The van der Waals surface area contributed by atoms with Crippen LogP contribution in [0.25, 0.3) is 0 Å². The molecular weight excluding hydrogens is 222 g/mol.